The van der Waals surface area contributed by atoms with Gasteiger partial charge in [-0.05, 0) is 21.0 Å². The zero-order valence-electron chi connectivity index (χ0n) is 8.74. The first kappa shape index (κ1) is 10.8. The molecule has 1 aromatic heterocycles. The minimum absolute atomic E-state index is 0.132. The molecule has 1 heterocycles. The third kappa shape index (κ3) is 2.88. The molecule has 1 rings (SSSR count). The molecular formula is C10H15NO3. The molecule has 0 bridgehead atoms. The summed E-state index contributed by atoms with van der Waals surface area (Å²) in [5, 5.41) is 0. The van der Waals surface area contributed by atoms with E-state index in [0.717, 1.165) is 6.54 Å². The fraction of sp³-hybridized carbons (Fsp3) is 0.500. The van der Waals surface area contributed by atoms with Crippen LogP contribution in [0.1, 0.15) is 5.76 Å². The number of nitrogens with zero attached hydrogens (tertiary/aromatic N) is 1. The van der Waals surface area contributed by atoms with Crippen LogP contribution in [0.15, 0.2) is 21.5 Å². The minimum Gasteiger partial charge on any atom is -0.485 e. The van der Waals surface area contributed by atoms with Crippen LogP contribution in [0.2, 0.25) is 0 Å². The van der Waals surface area contributed by atoms with Crippen molar-refractivity contribution in [3.8, 4) is 5.75 Å². The molecule has 1 aromatic rings. The van der Waals surface area contributed by atoms with Gasteiger partial charge in [0, 0.05) is 12.6 Å². The van der Waals surface area contributed by atoms with Crippen molar-refractivity contribution in [2.45, 2.75) is 6.92 Å². The van der Waals surface area contributed by atoms with Crippen molar-refractivity contribution in [2.24, 2.45) is 0 Å². The van der Waals surface area contributed by atoms with Crippen molar-refractivity contribution in [1.29, 1.82) is 0 Å². The highest BCUT2D eigenvalue weighted by Crippen LogP contribution is 2.09. The van der Waals surface area contributed by atoms with E-state index in [1.165, 1.54) is 12.3 Å². The van der Waals surface area contributed by atoms with Crippen LogP contribution in [0, 0.1) is 6.92 Å². The molecule has 78 valence electrons. The molecule has 0 saturated carbocycles. The summed E-state index contributed by atoms with van der Waals surface area (Å²) in [4.78, 5) is 13.3. The Bertz CT molecular complexity index is 343. The van der Waals surface area contributed by atoms with E-state index in [1.54, 1.807) is 6.92 Å². The van der Waals surface area contributed by atoms with Gasteiger partial charge in [0.25, 0.3) is 0 Å². The van der Waals surface area contributed by atoms with E-state index >= 15 is 0 Å². The van der Waals surface area contributed by atoms with E-state index in [9.17, 15) is 4.79 Å². The average molecular weight is 197 g/mol. The third-order valence-corrected chi connectivity index (χ3v) is 1.79. The largest absolute Gasteiger partial charge is 0.485 e. The smallest absolute Gasteiger partial charge is 0.226 e. The standard InChI is InChI=1S/C10H15NO3/c1-8-10(9(12)4-6-13-8)14-7-5-11(2)3/h4,6H,5,7H2,1-3H3. The highest BCUT2D eigenvalue weighted by atomic mass is 16.5. The Morgan fingerprint density at radius 1 is 1.50 bits per heavy atom. The van der Waals surface area contributed by atoms with E-state index < -0.39 is 0 Å². The van der Waals surface area contributed by atoms with Crippen LogP contribution in [0.3, 0.4) is 0 Å². The summed E-state index contributed by atoms with van der Waals surface area (Å²) in [5.41, 5.74) is -0.132. The van der Waals surface area contributed by atoms with Crippen LogP contribution >= 0.6 is 0 Å². The normalized spacial score (nSPS) is 10.6. The van der Waals surface area contributed by atoms with Crippen LogP contribution in [-0.2, 0) is 0 Å². The Kier molecular flexibility index (Phi) is 3.71. The lowest BCUT2D eigenvalue weighted by Crippen LogP contribution is -2.21. The summed E-state index contributed by atoms with van der Waals surface area (Å²) in [6.07, 6.45) is 1.37. The quantitative estimate of drug-likeness (QED) is 0.719. The SMILES string of the molecule is Cc1occc(=O)c1OCCN(C)C. The number of rotatable bonds is 4. The fourth-order valence-electron chi connectivity index (χ4n) is 1.00. The summed E-state index contributed by atoms with van der Waals surface area (Å²) in [7, 11) is 3.90. The molecule has 0 saturated heterocycles. The molecule has 0 spiro atoms. The number of likely N-dealkylation sites (N-methyl/N-ethyl adjacent to an activating group) is 1. The van der Waals surface area contributed by atoms with Gasteiger partial charge in [-0.2, -0.15) is 0 Å². The average Bonchev–Trinajstić information content (AvgIpc) is 2.09. The lowest BCUT2D eigenvalue weighted by molar-refractivity contribution is 0.250. The molecule has 4 heteroatoms. The van der Waals surface area contributed by atoms with Gasteiger partial charge in [0.1, 0.15) is 12.4 Å². The van der Waals surface area contributed by atoms with Gasteiger partial charge in [-0.25, -0.2) is 0 Å². The maximum atomic E-state index is 11.3. The van der Waals surface area contributed by atoms with Gasteiger partial charge >= 0.3 is 0 Å². The summed E-state index contributed by atoms with van der Waals surface area (Å²) in [5.74, 6) is 0.839. The van der Waals surface area contributed by atoms with E-state index in [2.05, 4.69) is 0 Å². The maximum absolute atomic E-state index is 11.3. The van der Waals surface area contributed by atoms with E-state index in [1.807, 2.05) is 19.0 Å². The zero-order chi connectivity index (χ0) is 10.6. The lowest BCUT2D eigenvalue weighted by atomic mass is 10.4. The van der Waals surface area contributed by atoms with Gasteiger partial charge in [0.05, 0.1) is 6.26 Å². The first-order chi connectivity index (χ1) is 6.61. The molecule has 0 amide bonds. The Balaban J connectivity index is 2.63. The molecular weight excluding hydrogens is 182 g/mol. The molecule has 0 aliphatic carbocycles. The third-order valence-electron chi connectivity index (χ3n) is 1.79. The first-order valence-corrected chi connectivity index (χ1v) is 4.47. The van der Waals surface area contributed by atoms with Crippen molar-refractivity contribution >= 4 is 0 Å². The molecule has 0 radical (unpaired) electrons. The minimum atomic E-state index is -0.132. The van der Waals surface area contributed by atoms with E-state index in [0.29, 0.717) is 18.1 Å². The topological polar surface area (TPSA) is 42.7 Å². The summed E-state index contributed by atoms with van der Waals surface area (Å²) in [6.45, 7) is 2.97. The van der Waals surface area contributed by atoms with Crippen LogP contribution in [0.4, 0.5) is 0 Å². The Hall–Kier alpha value is -1.29. The molecule has 0 aliphatic heterocycles. The molecule has 4 nitrogen and oxygen atoms in total. The molecule has 0 unspecified atom stereocenters. The number of hydrogen-bond acceptors (Lipinski definition) is 4. The maximum Gasteiger partial charge on any atom is 0.226 e. The van der Waals surface area contributed by atoms with Crippen molar-refractivity contribution in [1.82, 2.24) is 4.90 Å². The predicted molar refractivity (Wildman–Crippen MR) is 53.8 cm³/mol. The highest BCUT2D eigenvalue weighted by Gasteiger charge is 2.05. The number of ether oxygens (including phenoxy) is 1. The zero-order valence-corrected chi connectivity index (χ0v) is 8.74. The second-order valence-electron chi connectivity index (χ2n) is 3.32. The summed E-state index contributed by atoms with van der Waals surface area (Å²) in [6, 6.07) is 1.36. The van der Waals surface area contributed by atoms with E-state index in [4.69, 9.17) is 9.15 Å². The van der Waals surface area contributed by atoms with Crippen LogP contribution in [0.25, 0.3) is 0 Å². The van der Waals surface area contributed by atoms with Gasteiger partial charge in [0.15, 0.2) is 0 Å². The predicted octanol–water partition coefficient (Wildman–Crippen LogP) is 0.889. The van der Waals surface area contributed by atoms with E-state index in [-0.39, 0.29) is 5.43 Å². The van der Waals surface area contributed by atoms with Gasteiger partial charge in [-0.3, -0.25) is 4.79 Å². The second kappa shape index (κ2) is 4.81. The Morgan fingerprint density at radius 2 is 2.21 bits per heavy atom. The van der Waals surface area contributed by atoms with Crippen molar-refractivity contribution < 1.29 is 9.15 Å². The van der Waals surface area contributed by atoms with Gasteiger partial charge in [-0.1, -0.05) is 0 Å². The van der Waals surface area contributed by atoms with Crippen LogP contribution in [0.5, 0.6) is 5.75 Å². The van der Waals surface area contributed by atoms with Crippen molar-refractivity contribution in [2.75, 3.05) is 27.2 Å². The van der Waals surface area contributed by atoms with Crippen molar-refractivity contribution in [3.63, 3.8) is 0 Å². The first-order valence-electron chi connectivity index (χ1n) is 4.47. The molecule has 0 N–H and O–H groups in total. The molecule has 0 fully saturated rings. The summed E-state index contributed by atoms with van der Waals surface area (Å²) < 4.78 is 10.4. The molecule has 14 heavy (non-hydrogen) atoms. The number of hydrogen-bond donors (Lipinski definition) is 0. The Morgan fingerprint density at radius 3 is 2.79 bits per heavy atom. The van der Waals surface area contributed by atoms with Crippen LogP contribution < -0.4 is 10.2 Å². The van der Waals surface area contributed by atoms with Gasteiger partial charge < -0.3 is 14.1 Å². The molecule has 0 aromatic carbocycles. The number of aryl methyl sites for hydroxylation is 1. The van der Waals surface area contributed by atoms with Gasteiger partial charge in [0.2, 0.25) is 11.2 Å². The summed E-state index contributed by atoms with van der Waals surface area (Å²) >= 11 is 0. The fourth-order valence-corrected chi connectivity index (χ4v) is 1.00. The van der Waals surface area contributed by atoms with Crippen molar-refractivity contribution in [3.05, 3.63) is 28.3 Å². The Labute approximate surface area is 83.1 Å². The monoisotopic (exact) mass is 197 g/mol. The highest BCUT2D eigenvalue weighted by molar-refractivity contribution is 5.22. The molecule has 0 atom stereocenters. The van der Waals surface area contributed by atoms with Crippen LogP contribution in [-0.4, -0.2) is 32.1 Å². The lowest BCUT2D eigenvalue weighted by Gasteiger charge is -2.10. The van der Waals surface area contributed by atoms with Gasteiger partial charge in [-0.15, -0.1) is 0 Å². The molecule has 0 aliphatic rings. The second-order valence-corrected chi connectivity index (χ2v) is 3.32.